The third-order valence-electron chi connectivity index (χ3n) is 4.53. The lowest BCUT2D eigenvalue weighted by Gasteiger charge is -2.20. The average Bonchev–Trinajstić information content (AvgIpc) is 2.79. The highest BCUT2D eigenvalue weighted by molar-refractivity contribution is 6.32. The Morgan fingerprint density at radius 1 is 0.700 bits per heavy atom. The van der Waals surface area contributed by atoms with Gasteiger partial charge in [0.15, 0.2) is 0 Å². The minimum absolute atomic E-state index is 0.495. The van der Waals surface area contributed by atoms with E-state index in [9.17, 15) is 0 Å². The van der Waals surface area contributed by atoms with Gasteiger partial charge >= 0.3 is 0 Å². The maximum absolute atomic E-state index is 6.10. The molecule has 0 saturated heterocycles. The van der Waals surface area contributed by atoms with E-state index < -0.39 is 0 Å². The lowest BCUT2D eigenvalue weighted by atomic mass is 10.2. The zero-order valence-corrected chi connectivity index (χ0v) is 18.0. The topological polar surface area (TPSA) is 61.9 Å². The lowest BCUT2D eigenvalue weighted by molar-refractivity contribution is 0.415. The third kappa shape index (κ3) is 5.64. The van der Waals surface area contributed by atoms with Crippen LogP contribution < -0.4 is 9.64 Å². The highest BCUT2D eigenvalue weighted by Crippen LogP contribution is 2.30. The first kappa shape index (κ1) is 21.5. The minimum atomic E-state index is 0.495. The summed E-state index contributed by atoms with van der Waals surface area (Å²) in [6.07, 6.45) is 0. The van der Waals surface area contributed by atoms with Gasteiger partial charge in [-0.1, -0.05) is 11.6 Å². The second-order valence-corrected chi connectivity index (χ2v) is 6.83. The first-order valence-corrected chi connectivity index (χ1v) is 10.1. The van der Waals surface area contributed by atoms with Gasteiger partial charge in [0.1, 0.15) is 5.75 Å². The van der Waals surface area contributed by atoms with Crippen LogP contribution in [0.3, 0.4) is 0 Å². The van der Waals surface area contributed by atoms with Crippen LogP contribution in [0.5, 0.6) is 5.75 Å². The lowest BCUT2D eigenvalue weighted by Crippen LogP contribution is -2.21. The fraction of sp³-hybridized carbons (Fsp3) is 0.217. The molecule has 7 heteroatoms. The second-order valence-electron chi connectivity index (χ2n) is 6.42. The number of methoxy groups -OCH3 is 1. The third-order valence-corrected chi connectivity index (χ3v) is 4.82. The van der Waals surface area contributed by atoms with Gasteiger partial charge in [-0.25, -0.2) is 0 Å². The number of halogens is 1. The number of rotatable bonds is 8. The first-order valence-electron chi connectivity index (χ1n) is 9.75. The fourth-order valence-corrected chi connectivity index (χ4v) is 3.11. The molecule has 3 rings (SSSR count). The Morgan fingerprint density at radius 3 is 1.57 bits per heavy atom. The summed E-state index contributed by atoms with van der Waals surface area (Å²) in [6, 6.07) is 20.7. The quantitative estimate of drug-likeness (QED) is 0.345. The summed E-state index contributed by atoms with van der Waals surface area (Å²) >= 11 is 6.10. The molecule has 3 aromatic rings. The largest absolute Gasteiger partial charge is 0.495 e. The van der Waals surface area contributed by atoms with Crippen LogP contribution in [-0.2, 0) is 0 Å². The molecule has 0 radical (unpaired) electrons. The van der Waals surface area contributed by atoms with E-state index >= 15 is 0 Å². The van der Waals surface area contributed by atoms with Crippen LogP contribution in [0.1, 0.15) is 13.8 Å². The Kier molecular flexibility index (Phi) is 7.51. The Balaban J connectivity index is 1.63. The van der Waals surface area contributed by atoms with E-state index in [4.69, 9.17) is 16.3 Å². The van der Waals surface area contributed by atoms with E-state index in [-0.39, 0.29) is 0 Å². The van der Waals surface area contributed by atoms with Crippen molar-refractivity contribution in [3.05, 3.63) is 71.8 Å². The SMILES string of the molecule is CCN(CC)c1ccc(N=Nc2ccc(N=Nc3ccc(OC)c(Cl)c3)cc2)cc1. The van der Waals surface area contributed by atoms with Crippen molar-refractivity contribution in [3.8, 4) is 5.75 Å². The van der Waals surface area contributed by atoms with Crippen molar-refractivity contribution < 1.29 is 4.74 Å². The summed E-state index contributed by atoms with van der Waals surface area (Å²) in [6.45, 7) is 6.25. The van der Waals surface area contributed by atoms with Crippen molar-refractivity contribution in [2.75, 3.05) is 25.1 Å². The zero-order chi connectivity index (χ0) is 21.3. The molecule has 0 N–H and O–H groups in total. The van der Waals surface area contributed by atoms with E-state index in [1.54, 1.807) is 25.3 Å². The molecule has 0 fully saturated rings. The normalized spacial score (nSPS) is 11.3. The van der Waals surface area contributed by atoms with E-state index in [0.29, 0.717) is 22.1 Å². The van der Waals surface area contributed by atoms with Gasteiger partial charge < -0.3 is 9.64 Å². The Labute approximate surface area is 181 Å². The summed E-state index contributed by atoms with van der Waals surface area (Å²) in [5.41, 5.74) is 4.11. The molecule has 0 aliphatic rings. The highest BCUT2D eigenvalue weighted by atomic mass is 35.5. The van der Waals surface area contributed by atoms with Crippen molar-refractivity contribution >= 4 is 40.0 Å². The number of azo groups is 2. The Hall–Kier alpha value is -3.25. The monoisotopic (exact) mass is 421 g/mol. The van der Waals surface area contributed by atoms with Crippen molar-refractivity contribution in [1.29, 1.82) is 0 Å². The Morgan fingerprint density at radius 2 is 1.13 bits per heavy atom. The van der Waals surface area contributed by atoms with Crippen LogP contribution in [-0.4, -0.2) is 20.2 Å². The van der Waals surface area contributed by atoms with E-state index in [0.717, 1.165) is 24.5 Å². The van der Waals surface area contributed by atoms with Crippen LogP contribution in [0, 0.1) is 0 Å². The Bertz CT molecular complexity index is 1010. The van der Waals surface area contributed by atoms with Gasteiger partial charge in [-0.15, -0.1) is 0 Å². The summed E-state index contributed by atoms with van der Waals surface area (Å²) in [7, 11) is 1.57. The molecule has 6 nitrogen and oxygen atoms in total. The van der Waals surface area contributed by atoms with Crippen LogP contribution in [0.25, 0.3) is 0 Å². The van der Waals surface area contributed by atoms with Crippen molar-refractivity contribution in [3.63, 3.8) is 0 Å². The molecule has 0 heterocycles. The summed E-state index contributed by atoms with van der Waals surface area (Å²) in [4.78, 5) is 2.29. The maximum atomic E-state index is 6.10. The summed E-state index contributed by atoms with van der Waals surface area (Å²) < 4.78 is 5.13. The van der Waals surface area contributed by atoms with Gasteiger partial charge in [-0.2, -0.15) is 20.5 Å². The van der Waals surface area contributed by atoms with Gasteiger partial charge in [0.05, 0.1) is 34.9 Å². The maximum Gasteiger partial charge on any atom is 0.137 e. The van der Waals surface area contributed by atoms with Crippen LogP contribution in [0.2, 0.25) is 5.02 Å². The van der Waals surface area contributed by atoms with Gasteiger partial charge in [0.25, 0.3) is 0 Å². The van der Waals surface area contributed by atoms with Gasteiger partial charge in [-0.05, 0) is 80.6 Å². The number of nitrogens with zero attached hydrogens (tertiary/aromatic N) is 5. The zero-order valence-electron chi connectivity index (χ0n) is 17.3. The number of ether oxygens (including phenoxy) is 1. The highest BCUT2D eigenvalue weighted by Gasteiger charge is 2.02. The average molecular weight is 422 g/mol. The molecule has 154 valence electrons. The fourth-order valence-electron chi connectivity index (χ4n) is 2.85. The molecule has 3 aromatic carbocycles. The predicted molar refractivity (Wildman–Crippen MR) is 123 cm³/mol. The van der Waals surface area contributed by atoms with E-state index in [1.807, 2.05) is 36.4 Å². The smallest absolute Gasteiger partial charge is 0.137 e. The molecule has 0 aromatic heterocycles. The second kappa shape index (κ2) is 10.5. The molecular weight excluding hydrogens is 398 g/mol. The van der Waals surface area contributed by atoms with Gasteiger partial charge in [0.2, 0.25) is 0 Å². The first-order chi connectivity index (χ1) is 14.6. The van der Waals surface area contributed by atoms with Crippen molar-refractivity contribution in [1.82, 2.24) is 0 Å². The number of hydrogen-bond donors (Lipinski definition) is 0. The molecule has 0 aliphatic heterocycles. The summed E-state index contributed by atoms with van der Waals surface area (Å²) in [5.74, 6) is 0.605. The molecule has 0 amide bonds. The number of benzene rings is 3. The molecular formula is C23H24ClN5O. The van der Waals surface area contributed by atoms with Crippen molar-refractivity contribution in [2.45, 2.75) is 13.8 Å². The number of anilines is 1. The summed E-state index contributed by atoms with van der Waals surface area (Å²) in [5, 5.41) is 17.5. The molecule has 0 atom stereocenters. The number of hydrogen-bond acceptors (Lipinski definition) is 6. The van der Waals surface area contributed by atoms with Crippen LogP contribution >= 0.6 is 11.6 Å². The molecule has 30 heavy (non-hydrogen) atoms. The van der Waals surface area contributed by atoms with Gasteiger partial charge in [0, 0.05) is 18.8 Å². The molecule has 0 bridgehead atoms. The molecule has 0 unspecified atom stereocenters. The predicted octanol–water partition coefficient (Wildman–Crippen LogP) is 8.03. The van der Waals surface area contributed by atoms with E-state index in [2.05, 4.69) is 51.3 Å². The molecule has 0 aliphatic carbocycles. The van der Waals surface area contributed by atoms with Crippen molar-refractivity contribution in [2.24, 2.45) is 20.5 Å². The van der Waals surface area contributed by atoms with Crippen LogP contribution in [0.15, 0.2) is 87.2 Å². The van der Waals surface area contributed by atoms with Gasteiger partial charge in [-0.3, -0.25) is 0 Å². The van der Waals surface area contributed by atoms with E-state index in [1.165, 1.54) is 5.69 Å². The standard InChI is InChI=1S/C23H24ClN5O/c1-4-29(5-2)21-13-10-19(11-14-21)26-25-17-6-8-18(9-7-17)27-28-20-12-15-23(30-3)22(24)16-20/h6-16H,4-5H2,1-3H3. The van der Waals surface area contributed by atoms with Crippen LogP contribution in [0.4, 0.5) is 28.4 Å². The minimum Gasteiger partial charge on any atom is -0.495 e. The molecule has 0 saturated carbocycles. The molecule has 0 spiro atoms.